The second-order valence-corrected chi connectivity index (χ2v) is 6.19. The highest BCUT2D eigenvalue weighted by atomic mass is 79.9. The molecule has 2 rings (SSSR count). The second-order valence-electron chi connectivity index (χ2n) is 4.21. The second kappa shape index (κ2) is 5.75. The van der Waals surface area contributed by atoms with Gasteiger partial charge in [-0.3, -0.25) is 0 Å². The van der Waals surface area contributed by atoms with E-state index in [9.17, 15) is 0 Å². The molecule has 1 aromatic carbocycles. The third kappa shape index (κ3) is 3.02. The average Bonchev–Trinajstić information content (AvgIpc) is 2.79. The molecule has 1 saturated carbocycles. The maximum absolute atomic E-state index is 9.02. The minimum absolute atomic E-state index is 0.797. The molecule has 0 atom stereocenters. The molecule has 1 nitrogen and oxygen atoms in total. The lowest BCUT2D eigenvalue weighted by atomic mass is 10.1. The third-order valence-corrected chi connectivity index (χ3v) is 4.79. The molecule has 16 heavy (non-hydrogen) atoms. The first-order valence-electron chi connectivity index (χ1n) is 5.62. The van der Waals surface area contributed by atoms with Crippen LogP contribution in [0.1, 0.15) is 31.2 Å². The van der Waals surface area contributed by atoms with Gasteiger partial charge in [0, 0.05) is 15.1 Å². The lowest BCUT2D eigenvalue weighted by molar-refractivity contribution is 0.623. The first kappa shape index (κ1) is 12.0. The summed E-state index contributed by atoms with van der Waals surface area (Å²) in [6.07, 6.45) is 5.50. The van der Waals surface area contributed by atoms with Crippen LogP contribution in [0.2, 0.25) is 0 Å². The Kier molecular flexibility index (Phi) is 4.31. The van der Waals surface area contributed by atoms with E-state index in [1.165, 1.54) is 25.7 Å². The average molecular weight is 296 g/mol. The molecule has 0 radical (unpaired) electrons. The Morgan fingerprint density at radius 1 is 1.38 bits per heavy atom. The summed E-state index contributed by atoms with van der Waals surface area (Å²) in [4.78, 5) is 1.11. The van der Waals surface area contributed by atoms with E-state index in [1.807, 2.05) is 23.9 Å². The molecule has 3 heteroatoms. The predicted octanol–water partition coefficient (Wildman–Crippen LogP) is 4.60. The van der Waals surface area contributed by atoms with Crippen LogP contribution >= 0.6 is 27.7 Å². The topological polar surface area (TPSA) is 23.8 Å². The molecule has 1 aromatic rings. The van der Waals surface area contributed by atoms with Gasteiger partial charge in [-0.25, -0.2) is 0 Å². The van der Waals surface area contributed by atoms with Gasteiger partial charge in [-0.1, -0.05) is 28.8 Å². The van der Waals surface area contributed by atoms with Crippen molar-refractivity contribution in [2.45, 2.75) is 30.6 Å². The van der Waals surface area contributed by atoms with Gasteiger partial charge in [-0.2, -0.15) is 5.26 Å². The van der Waals surface area contributed by atoms with Crippen LogP contribution in [-0.2, 0) is 0 Å². The molecule has 1 aliphatic rings. The Bertz CT molecular complexity index is 405. The molecule has 0 heterocycles. The maximum Gasteiger partial charge on any atom is 0.100 e. The van der Waals surface area contributed by atoms with E-state index in [-0.39, 0.29) is 0 Å². The molecule has 0 N–H and O–H groups in total. The fraction of sp³-hybridized carbons (Fsp3) is 0.462. The van der Waals surface area contributed by atoms with Crippen molar-refractivity contribution in [2.24, 2.45) is 5.92 Å². The number of thioether (sulfide) groups is 1. The first-order chi connectivity index (χ1) is 7.79. The van der Waals surface area contributed by atoms with Gasteiger partial charge in [0.25, 0.3) is 0 Å². The van der Waals surface area contributed by atoms with E-state index in [1.54, 1.807) is 0 Å². The molecule has 0 aliphatic heterocycles. The van der Waals surface area contributed by atoms with E-state index in [0.29, 0.717) is 0 Å². The zero-order valence-electron chi connectivity index (χ0n) is 9.08. The molecular weight excluding hydrogens is 282 g/mol. The Hall–Kier alpha value is -0.460. The van der Waals surface area contributed by atoms with Gasteiger partial charge < -0.3 is 0 Å². The van der Waals surface area contributed by atoms with Crippen LogP contribution in [0.3, 0.4) is 0 Å². The predicted molar refractivity (Wildman–Crippen MR) is 71.5 cm³/mol. The molecule has 0 saturated heterocycles. The summed E-state index contributed by atoms with van der Waals surface area (Å²) < 4.78 is 1.06. The summed E-state index contributed by atoms with van der Waals surface area (Å²) in [6.45, 7) is 0. The van der Waals surface area contributed by atoms with Crippen LogP contribution in [0.15, 0.2) is 27.6 Å². The van der Waals surface area contributed by atoms with Crippen LogP contribution in [0.25, 0.3) is 0 Å². The normalized spacial score (nSPS) is 16.2. The number of hydrogen-bond acceptors (Lipinski definition) is 2. The van der Waals surface area contributed by atoms with Gasteiger partial charge in [0.2, 0.25) is 0 Å². The number of nitrogens with zero attached hydrogens (tertiary/aromatic N) is 1. The number of nitriles is 1. The van der Waals surface area contributed by atoms with Crippen molar-refractivity contribution < 1.29 is 0 Å². The van der Waals surface area contributed by atoms with Crippen molar-refractivity contribution in [3.05, 3.63) is 28.2 Å². The summed E-state index contributed by atoms with van der Waals surface area (Å²) in [5.41, 5.74) is 0.797. The molecular formula is C13H14BrNS. The highest BCUT2D eigenvalue weighted by molar-refractivity contribution is 9.10. The quantitative estimate of drug-likeness (QED) is 0.761. The van der Waals surface area contributed by atoms with E-state index in [2.05, 4.69) is 28.1 Å². The van der Waals surface area contributed by atoms with Crippen LogP contribution < -0.4 is 0 Å². The van der Waals surface area contributed by atoms with E-state index >= 15 is 0 Å². The summed E-state index contributed by atoms with van der Waals surface area (Å²) in [5, 5.41) is 9.02. The van der Waals surface area contributed by atoms with Crippen LogP contribution in [0.4, 0.5) is 0 Å². The zero-order valence-corrected chi connectivity index (χ0v) is 11.5. The van der Waals surface area contributed by atoms with Crippen LogP contribution in [-0.4, -0.2) is 5.75 Å². The standard InChI is InChI=1S/C13H14BrNS/c14-12-6-5-11(8-15)13(7-12)16-9-10-3-1-2-4-10/h5-7,10H,1-4,9H2. The van der Waals surface area contributed by atoms with Gasteiger partial charge >= 0.3 is 0 Å². The Morgan fingerprint density at radius 3 is 2.81 bits per heavy atom. The molecule has 1 fully saturated rings. The van der Waals surface area contributed by atoms with Crippen molar-refractivity contribution in [1.82, 2.24) is 0 Å². The van der Waals surface area contributed by atoms with Crippen molar-refractivity contribution in [2.75, 3.05) is 5.75 Å². The maximum atomic E-state index is 9.02. The van der Waals surface area contributed by atoms with Gasteiger partial charge in [-0.15, -0.1) is 11.8 Å². The van der Waals surface area contributed by atoms with E-state index < -0.39 is 0 Å². The Labute approximate surface area is 109 Å². The highest BCUT2D eigenvalue weighted by Crippen LogP contribution is 2.33. The first-order valence-corrected chi connectivity index (χ1v) is 7.40. The minimum atomic E-state index is 0.797. The summed E-state index contributed by atoms with van der Waals surface area (Å²) in [7, 11) is 0. The van der Waals surface area contributed by atoms with Gasteiger partial charge in [-0.05, 0) is 37.0 Å². The lowest BCUT2D eigenvalue weighted by Crippen LogP contribution is -1.96. The van der Waals surface area contributed by atoms with Crippen molar-refractivity contribution in [1.29, 1.82) is 5.26 Å². The van der Waals surface area contributed by atoms with Crippen molar-refractivity contribution >= 4 is 27.7 Å². The van der Waals surface area contributed by atoms with Crippen LogP contribution in [0.5, 0.6) is 0 Å². The minimum Gasteiger partial charge on any atom is -0.192 e. The van der Waals surface area contributed by atoms with Crippen molar-refractivity contribution in [3.8, 4) is 6.07 Å². The van der Waals surface area contributed by atoms with E-state index in [0.717, 1.165) is 26.6 Å². The smallest absolute Gasteiger partial charge is 0.100 e. The molecule has 0 unspecified atom stereocenters. The van der Waals surface area contributed by atoms with Crippen molar-refractivity contribution in [3.63, 3.8) is 0 Å². The van der Waals surface area contributed by atoms with Gasteiger partial charge in [0.15, 0.2) is 0 Å². The highest BCUT2D eigenvalue weighted by Gasteiger charge is 2.15. The lowest BCUT2D eigenvalue weighted by Gasteiger charge is -2.09. The SMILES string of the molecule is N#Cc1ccc(Br)cc1SCC1CCCC1. The van der Waals surface area contributed by atoms with Crippen LogP contribution in [0, 0.1) is 17.2 Å². The molecule has 0 aromatic heterocycles. The summed E-state index contributed by atoms with van der Waals surface area (Å²) in [6, 6.07) is 8.13. The molecule has 0 spiro atoms. The summed E-state index contributed by atoms with van der Waals surface area (Å²) in [5.74, 6) is 2.01. The summed E-state index contributed by atoms with van der Waals surface area (Å²) >= 11 is 5.29. The number of hydrogen-bond donors (Lipinski definition) is 0. The number of benzene rings is 1. The third-order valence-electron chi connectivity index (χ3n) is 3.01. The van der Waals surface area contributed by atoms with Gasteiger partial charge in [0.1, 0.15) is 6.07 Å². The Balaban J connectivity index is 2.02. The van der Waals surface area contributed by atoms with Gasteiger partial charge in [0.05, 0.1) is 5.56 Å². The monoisotopic (exact) mass is 295 g/mol. The molecule has 1 aliphatic carbocycles. The largest absolute Gasteiger partial charge is 0.192 e. The van der Waals surface area contributed by atoms with E-state index in [4.69, 9.17) is 5.26 Å². The number of halogens is 1. The zero-order chi connectivity index (χ0) is 11.4. The fourth-order valence-electron chi connectivity index (χ4n) is 2.09. The molecule has 0 amide bonds. The number of rotatable bonds is 3. The Morgan fingerprint density at radius 2 is 2.12 bits per heavy atom. The fourth-order valence-corrected chi connectivity index (χ4v) is 3.83. The molecule has 0 bridgehead atoms. The molecule has 84 valence electrons.